The second kappa shape index (κ2) is 6.97. The quantitative estimate of drug-likeness (QED) is 0.868. The number of nitrogens with zero attached hydrogens (tertiary/aromatic N) is 3. The lowest BCUT2D eigenvalue weighted by Crippen LogP contribution is -2.42. The predicted octanol–water partition coefficient (Wildman–Crippen LogP) is 2.50. The zero-order valence-corrected chi connectivity index (χ0v) is 13.8. The van der Waals surface area contributed by atoms with Crippen molar-refractivity contribution in [1.29, 1.82) is 0 Å². The van der Waals surface area contributed by atoms with Crippen LogP contribution < -0.4 is 4.90 Å². The molecule has 2 aromatic rings. The number of carbonyl (C=O) groups is 1. The predicted molar refractivity (Wildman–Crippen MR) is 89.6 cm³/mol. The number of anilines is 1. The van der Waals surface area contributed by atoms with Crippen molar-refractivity contribution in [3.05, 3.63) is 59.5 Å². The van der Waals surface area contributed by atoms with Crippen molar-refractivity contribution in [2.24, 2.45) is 0 Å². The maximum absolute atomic E-state index is 13.1. The lowest BCUT2D eigenvalue weighted by Gasteiger charge is -2.33. The van der Waals surface area contributed by atoms with E-state index < -0.39 is 0 Å². The fourth-order valence-corrected chi connectivity index (χ4v) is 2.80. The van der Waals surface area contributed by atoms with Gasteiger partial charge in [-0.05, 0) is 29.8 Å². The molecule has 1 saturated heterocycles. The number of pyridine rings is 1. The van der Waals surface area contributed by atoms with E-state index in [0.717, 1.165) is 5.56 Å². The summed E-state index contributed by atoms with van der Waals surface area (Å²) >= 11 is 0. The van der Waals surface area contributed by atoms with Crippen molar-refractivity contribution in [2.75, 3.05) is 38.7 Å². The summed E-state index contributed by atoms with van der Waals surface area (Å²) in [6.07, 6.45) is 1.43. The van der Waals surface area contributed by atoms with Gasteiger partial charge in [0.05, 0.1) is 18.7 Å². The zero-order valence-electron chi connectivity index (χ0n) is 13.8. The average molecular weight is 329 g/mol. The van der Waals surface area contributed by atoms with Gasteiger partial charge in [0, 0.05) is 26.8 Å². The number of rotatable bonds is 3. The molecule has 1 aliphatic heterocycles. The number of benzene rings is 1. The summed E-state index contributed by atoms with van der Waals surface area (Å²) in [6.45, 7) is 1.41. The molecule has 2 heterocycles. The Bertz CT molecular complexity index is 718. The van der Waals surface area contributed by atoms with E-state index in [0.29, 0.717) is 31.1 Å². The van der Waals surface area contributed by atoms with Crippen LogP contribution in [0, 0.1) is 5.82 Å². The van der Waals surface area contributed by atoms with E-state index in [9.17, 15) is 9.18 Å². The molecule has 1 amide bonds. The Kier molecular flexibility index (Phi) is 4.76. The first-order valence-electron chi connectivity index (χ1n) is 7.85. The van der Waals surface area contributed by atoms with Crippen molar-refractivity contribution >= 4 is 11.7 Å². The molecule has 0 N–H and O–H groups in total. The Morgan fingerprint density at radius 2 is 2.04 bits per heavy atom. The molecule has 0 radical (unpaired) electrons. The number of carbonyl (C=O) groups excluding carboxylic acids is 1. The van der Waals surface area contributed by atoms with Gasteiger partial charge in [-0.25, -0.2) is 9.37 Å². The lowest BCUT2D eigenvalue weighted by atomic mass is 10.1. The molecule has 0 saturated carbocycles. The average Bonchev–Trinajstić information content (AvgIpc) is 2.62. The molecular weight excluding hydrogens is 309 g/mol. The second-order valence-electron chi connectivity index (χ2n) is 5.93. The SMILES string of the molecule is CN(C)c1ncccc1C(=O)N1CCO[C@H](c2ccc(F)cc2)C1. The molecule has 1 aliphatic rings. The van der Waals surface area contributed by atoms with E-state index in [1.807, 2.05) is 19.0 Å². The van der Waals surface area contributed by atoms with Gasteiger partial charge in [-0.2, -0.15) is 0 Å². The van der Waals surface area contributed by atoms with Gasteiger partial charge in [0.2, 0.25) is 0 Å². The van der Waals surface area contributed by atoms with Crippen LogP contribution in [0.4, 0.5) is 10.2 Å². The van der Waals surface area contributed by atoms with Crippen molar-refractivity contribution in [1.82, 2.24) is 9.88 Å². The number of hydrogen-bond acceptors (Lipinski definition) is 4. The van der Waals surface area contributed by atoms with Gasteiger partial charge < -0.3 is 14.5 Å². The highest BCUT2D eigenvalue weighted by atomic mass is 19.1. The maximum atomic E-state index is 13.1. The Hall–Kier alpha value is -2.47. The number of hydrogen-bond donors (Lipinski definition) is 0. The lowest BCUT2D eigenvalue weighted by molar-refractivity contribution is -0.0228. The molecule has 5 nitrogen and oxygen atoms in total. The first-order chi connectivity index (χ1) is 11.6. The Labute approximate surface area is 140 Å². The van der Waals surface area contributed by atoms with E-state index >= 15 is 0 Å². The molecule has 1 fully saturated rings. The molecule has 0 aliphatic carbocycles. The van der Waals surface area contributed by atoms with Crippen molar-refractivity contribution in [2.45, 2.75) is 6.10 Å². The van der Waals surface area contributed by atoms with Crippen molar-refractivity contribution in [3.63, 3.8) is 0 Å². The second-order valence-corrected chi connectivity index (χ2v) is 5.93. The van der Waals surface area contributed by atoms with Crippen LogP contribution in [-0.2, 0) is 4.74 Å². The first kappa shape index (κ1) is 16.4. The summed E-state index contributed by atoms with van der Waals surface area (Å²) in [4.78, 5) is 20.8. The normalized spacial score (nSPS) is 17.6. The topological polar surface area (TPSA) is 45.7 Å². The van der Waals surface area contributed by atoms with Crippen LogP contribution in [0.3, 0.4) is 0 Å². The molecule has 0 unspecified atom stereocenters. The van der Waals surface area contributed by atoms with Crippen molar-refractivity contribution < 1.29 is 13.9 Å². The first-order valence-corrected chi connectivity index (χ1v) is 7.85. The van der Waals surface area contributed by atoms with Gasteiger partial charge in [-0.1, -0.05) is 12.1 Å². The van der Waals surface area contributed by atoms with Crippen molar-refractivity contribution in [3.8, 4) is 0 Å². The molecule has 24 heavy (non-hydrogen) atoms. The number of ether oxygens (including phenoxy) is 1. The highest BCUT2D eigenvalue weighted by molar-refractivity contribution is 5.98. The standard InChI is InChI=1S/C18H20FN3O2/c1-21(2)17-15(4-3-9-20-17)18(23)22-10-11-24-16(12-22)13-5-7-14(19)8-6-13/h3-9,16H,10-12H2,1-2H3/t16-/m0/s1. The molecule has 1 aromatic carbocycles. The third-order valence-electron chi connectivity index (χ3n) is 4.04. The smallest absolute Gasteiger partial charge is 0.257 e. The molecule has 1 atom stereocenters. The fourth-order valence-electron chi connectivity index (χ4n) is 2.80. The Balaban J connectivity index is 1.80. The minimum atomic E-state index is -0.284. The monoisotopic (exact) mass is 329 g/mol. The van der Waals surface area contributed by atoms with Gasteiger partial charge in [0.15, 0.2) is 0 Å². The minimum absolute atomic E-state index is 0.0674. The van der Waals surface area contributed by atoms with E-state index in [1.165, 1.54) is 12.1 Å². The van der Waals surface area contributed by atoms with Gasteiger partial charge in [0.25, 0.3) is 5.91 Å². The minimum Gasteiger partial charge on any atom is -0.370 e. The molecule has 6 heteroatoms. The van der Waals surface area contributed by atoms with Crippen LogP contribution >= 0.6 is 0 Å². The molecule has 1 aromatic heterocycles. The molecule has 0 spiro atoms. The third kappa shape index (κ3) is 3.38. The molecule has 0 bridgehead atoms. The van der Waals surface area contributed by atoms with Gasteiger partial charge in [-0.15, -0.1) is 0 Å². The number of aromatic nitrogens is 1. The largest absolute Gasteiger partial charge is 0.370 e. The summed E-state index contributed by atoms with van der Waals surface area (Å²) < 4.78 is 18.8. The third-order valence-corrected chi connectivity index (χ3v) is 4.04. The summed E-state index contributed by atoms with van der Waals surface area (Å²) in [5.74, 6) is 0.294. The summed E-state index contributed by atoms with van der Waals surface area (Å²) in [7, 11) is 3.72. The fraction of sp³-hybridized carbons (Fsp3) is 0.333. The molecular formula is C18H20FN3O2. The number of halogens is 1. The van der Waals surface area contributed by atoms with E-state index in [1.54, 1.807) is 35.4 Å². The summed E-state index contributed by atoms with van der Waals surface area (Å²) in [6, 6.07) is 9.76. The van der Waals surface area contributed by atoms with Crippen LogP contribution in [0.25, 0.3) is 0 Å². The molecule has 126 valence electrons. The van der Waals surface area contributed by atoms with Crippen LogP contribution in [0.2, 0.25) is 0 Å². The Morgan fingerprint density at radius 3 is 2.75 bits per heavy atom. The zero-order chi connectivity index (χ0) is 17.1. The van der Waals surface area contributed by atoms with E-state index in [-0.39, 0.29) is 17.8 Å². The van der Waals surface area contributed by atoms with E-state index in [2.05, 4.69) is 4.98 Å². The van der Waals surface area contributed by atoms with Gasteiger partial charge >= 0.3 is 0 Å². The molecule has 3 rings (SSSR count). The van der Waals surface area contributed by atoms with Gasteiger partial charge in [-0.3, -0.25) is 4.79 Å². The highest BCUT2D eigenvalue weighted by Crippen LogP contribution is 2.25. The Morgan fingerprint density at radius 1 is 1.29 bits per heavy atom. The van der Waals surface area contributed by atoms with Crippen LogP contribution in [0.5, 0.6) is 0 Å². The van der Waals surface area contributed by atoms with E-state index in [4.69, 9.17) is 4.74 Å². The summed E-state index contributed by atoms with van der Waals surface area (Å²) in [5, 5.41) is 0. The van der Waals surface area contributed by atoms with Crippen LogP contribution in [0.15, 0.2) is 42.6 Å². The van der Waals surface area contributed by atoms with Crippen LogP contribution in [0.1, 0.15) is 22.0 Å². The maximum Gasteiger partial charge on any atom is 0.257 e. The number of amides is 1. The van der Waals surface area contributed by atoms with Gasteiger partial charge in [0.1, 0.15) is 17.7 Å². The highest BCUT2D eigenvalue weighted by Gasteiger charge is 2.28. The number of morpholine rings is 1. The summed E-state index contributed by atoms with van der Waals surface area (Å²) in [5.41, 5.74) is 1.44. The van der Waals surface area contributed by atoms with Crippen LogP contribution in [-0.4, -0.2) is 49.6 Å².